The van der Waals surface area contributed by atoms with Crippen LogP contribution in [0.4, 0.5) is 4.39 Å². The highest BCUT2D eigenvalue weighted by Gasteiger charge is 2.26. The van der Waals surface area contributed by atoms with Crippen LogP contribution in [0.15, 0.2) is 12.1 Å². The van der Waals surface area contributed by atoms with Crippen molar-refractivity contribution < 1.29 is 19.1 Å². The zero-order chi connectivity index (χ0) is 12.6. The lowest BCUT2D eigenvalue weighted by Crippen LogP contribution is -2.40. The number of benzene rings is 1. The Bertz CT molecular complexity index is 499. The molecular formula is C12H12FNO3. The second kappa shape index (κ2) is 4.16. The second-order valence-corrected chi connectivity index (χ2v) is 4.13. The molecule has 17 heavy (non-hydrogen) atoms. The summed E-state index contributed by atoms with van der Waals surface area (Å²) in [5, 5.41) is 8.68. The van der Waals surface area contributed by atoms with Crippen molar-refractivity contribution in [2.75, 3.05) is 13.1 Å². The standard InChI is InChI=1S/C12H12FNO3/c1-7-4-9-8(5-10(7)13)2-3-14(12(9)17)6-11(15)16/h4-5H,2-3,6H2,1H3,(H,15,16). The predicted octanol–water partition coefficient (Wildman–Crippen LogP) is 1.22. The molecule has 1 amide bonds. The number of nitrogens with zero attached hydrogens (tertiary/aromatic N) is 1. The third-order valence-corrected chi connectivity index (χ3v) is 2.88. The van der Waals surface area contributed by atoms with Gasteiger partial charge in [0.1, 0.15) is 12.4 Å². The maximum Gasteiger partial charge on any atom is 0.323 e. The first-order valence-electron chi connectivity index (χ1n) is 5.29. The van der Waals surface area contributed by atoms with E-state index in [4.69, 9.17) is 5.11 Å². The number of carbonyl (C=O) groups excluding carboxylic acids is 1. The van der Waals surface area contributed by atoms with Crippen molar-refractivity contribution in [2.24, 2.45) is 0 Å². The summed E-state index contributed by atoms with van der Waals surface area (Å²) in [5.74, 6) is -1.71. The smallest absolute Gasteiger partial charge is 0.323 e. The molecule has 1 aromatic rings. The van der Waals surface area contributed by atoms with Crippen LogP contribution >= 0.6 is 0 Å². The van der Waals surface area contributed by atoms with Crippen LogP contribution in [0.5, 0.6) is 0 Å². The number of rotatable bonds is 2. The summed E-state index contributed by atoms with van der Waals surface area (Å²) < 4.78 is 13.3. The minimum atomic E-state index is -1.04. The topological polar surface area (TPSA) is 57.6 Å². The number of carboxylic acids is 1. The molecule has 1 aliphatic rings. The van der Waals surface area contributed by atoms with Crippen LogP contribution in [0, 0.1) is 12.7 Å². The molecule has 0 saturated heterocycles. The molecule has 5 heteroatoms. The van der Waals surface area contributed by atoms with E-state index >= 15 is 0 Å². The van der Waals surface area contributed by atoms with Crippen LogP contribution in [0.1, 0.15) is 21.5 Å². The maximum absolute atomic E-state index is 13.3. The molecular weight excluding hydrogens is 225 g/mol. The average molecular weight is 237 g/mol. The van der Waals surface area contributed by atoms with Crippen LogP contribution in [0.2, 0.25) is 0 Å². The Kier molecular flexibility index (Phi) is 2.83. The van der Waals surface area contributed by atoms with Gasteiger partial charge in [0.05, 0.1) is 0 Å². The van der Waals surface area contributed by atoms with Crippen molar-refractivity contribution in [2.45, 2.75) is 13.3 Å². The molecule has 1 N–H and O–H groups in total. The Morgan fingerprint density at radius 1 is 1.53 bits per heavy atom. The van der Waals surface area contributed by atoms with E-state index < -0.39 is 5.97 Å². The van der Waals surface area contributed by atoms with Crippen LogP contribution in [-0.2, 0) is 11.2 Å². The number of hydrogen-bond donors (Lipinski definition) is 1. The Hall–Kier alpha value is -1.91. The van der Waals surface area contributed by atoms with Crippen molar-refractivity contribution in [1.82, 2.24) is 4.90 Å². The SMILES string of the molecule is Cc1cc2c(cc1F)CCN(CC(=O)O)C2=O. The third-order valence-electron chi connectivity index (χ3n) is 2.88. The molecule has 0 fully saturated rings. The van der Waals surface area contributed by atoms with Crippen LogP contribution in [0.25, 0.3) is 0 Å². The van der Waals surface area contributed by atoms with Crippen molar-refractivity contribution in [1.29, 1.82) is 0 Å². The zero-order valence-corrected chi connectivity index (χ0v) is 9.36. The molecule has 1 aliphatic heterocycles. The fourth-order valence-electron chi connectivity index (χ4n) is 1.97. The van der Waals surface area contributed by atoms with Crippen molar-refractivity contribution in [3.05, 3.63) is 34.6 Å². The normalized spacial score (nSPS) is 14.7. The van der Waals surface area contributed by atoms with Crippen LogP contribution < -0.4 is 0 Å². The van der Waals surface area contributed by atoms with E-state index in [1.54, 1.807) is 6.92 Å². The van der Waals surface area contributed by atoms with Crippen molar-refractivity contribution in [3.8, 4) is 0 Å². The number of amides is 1. The first-order chi connectivity index (χ1) is 7.99. The molecule has 2 rings (SSSR count). The molecule has 0 atom stereocenters. The van der Waals surface area contributed by atoms with Gasteiger partial charge in [-0.2, -0.15) is 0 Å². The maximum atomic E-state index is 13.3. The van der Waals surface area contributed by atoms with Gasteiger partial charge in [-0.05, 0) is 36.6 Å². The quantitative estimate of drug-likeness (QED) is 0.841. The molecule has 0 unspecified atom stereocenters. The summed E-state index contributed by atoms with van der Waals surface area (Å²) in [4.78, 5) is 23.8. The number of aliphatic carboxylic acids is 1. The molecule has 0 spiro atoms. The van der Waals surface area contributed by atoms with E-state index in [0.717, 1.165) is 0 Å². The molecule has 0 radical (unpaired) electrons. The van der Waals surface area contributed by atoms with Gasteiger partial charge in [0.15, 0.2) is 0 Å². The van der Waals surface area contributed by atoms with E-state index in [-0.39, 0.29) is 18.3 Å². The lowest BCUT2D eigenvalue weighted by molar-refractivity contribution is -0.137. The lowest BCUT2D eigenvalue weighted by atomic mass is 9.96. The minimum absolute atomic E-state index is 0.311. The van der Waals surface area contributed by atoms with Gasteiger partial charge in [0, 0.05) is 12.1 Å². The number of halogens is 1. The number of hydrogen-bond acceptors (Lipinski definition) is 2. The number of carboxylic acid groups (broad SMARTS) is 1. The summed E-state index contributed by atoms with van der Waals surface area (Å²) in [6.45, 7) is 1.59. The summed E-state index contributed by atoms with van der Waals surface area (Å²) in [7, 11) is 0. The highest BCUT2D eigenvalue weighted by molar-refractivity contribution is 5.98. The molecule has 0 saturated carbocycles. The van der Waals surface area contributed by atoms with E-state index in [1.807, 2.05) is 0 Å². The van der Waals surface area contributed by atoms with Gasteiger partial charge in [-0.25, -0.2) is 4.39 Å². The van der Waals surface area contributed by atoms with E-state index in [1.165, 1.54) is 17.0 Å². The van der Waals surface area contributed by atoms with Gasteiger partial charge >= 0.3 is 5.97 Å². The first kappa shape index (κ1) is 11.6. The molecule has 1 heterocycles. The lowest BCUT2D eigenvalue weighted by Gasteiger charge is -2.27. The molecule has 1 aromatic carbocycles. The fraction of sp³-hybridized carbons (Fsp3) is 0.333. The Morgan fingerprint density at radius 3 is 2.88 bits per heavy atom. The van der Waals surface area contributed by atoms with E-state index in [2.05, 4.69) is 0 Å². The Morgan fingerprint density at radius 2 is 2.24 bits per heavy atom. The summed E-state index contributed by atoms with van der Waals surface area (Å²) in [6, 6.07) is 2.85. The van der Waals surface area contributed by atoms with Gasteiger partial charge in [-0.1, -0.05) is 0 Å². The monoisotopic (exact) mass is 237 g/mol. The molecule has 0 bridgehead atoms. The number of fused-ring (bicyclic) bond motifs is 1. The van der Waals surface area contributed by atoms with Crippen molar-refractivity contribution >= 4 is 11.9 Å². The van der Waals surface area contributed by atoms with Crippen LogP contribution in [0.3, 0.4) is 0 Å². The van der Waals surface area contributed by atoms with Gasteiger partial charge in [0.2, 0.25) is 0 Å². The third kappa shape index (κ3) is 2.13. The van der Waals surface area contributed by atoms with Gasteiger partial charge < -0.3 is 10.0 Å². The molecule has 4 nitrogen and oxygen atoms in total. The molecule has 90 valence electrons. The first-order valence-corrected chi connectivity index (χ1v) is 5.29. The second-order valence-electron chi connectivity index (χ2n) is 4.13. The molecule has 0 aromatic heterocycles. The number of aryl methyl sites for hydroxylation is 1. The predicted molar refractivity (Wildman–Crippen MR) is 58.4 cm³/mol. The summed E-state index contributed by atoms with van der Waals surface area (Å²) in [6.07, 6.45) is 0.492. The summed E-state index contributed by atoms with van der Waals surface area (Å²) in [5.41, 5.74) is 1.46. The average Bonchev–Trinajstić information content (AvgIpc) is 2.25. The Balaban J connectivity index is 2.35. The highest BCUT2D eigenvalue weighted by atomic mass is 19.1. The van der Waals surface area contributed by atoms with Gasteiger partial charge in [-0.15, -0.1) is 0 Å². The van der Waals surface area contributed by atoms with E-state index in [9.17, 15) is 14.0 Å². The zero-order valence-electron chi connectivity index (χ0n) is 9.36. The van der Waals surface area contributed by atoms with E-state index in [0.29, 0.717) is 29.7 Å². The largest absolute Gasteiger partial charge is 0.480 e. The minimum Gasteiger partial charge on any atom is -0.480 e. The van der Waals surface area contributed by atoms with Gasteiger partial charge in [-0.3, -0.25) is 9.59 Å². The Labute approximate surface area is 97.7 Å². The fourth-order valence-corrected chi connectivity index (χ4v) is 1.97. The number of carbonyl (C=O) groups is 2. The summed E-state index contributed by atoms with van der Waals surface area (Å²) >= 11 is 0. The van der Waals surface area contributed by atoms with Crippen molar-refractivity contribution in [3.63, 3.8) is 0 Å². The van der Waals surface area contributed by atoms with Gasteiger partial charge in [0.25, 0.3) is 5.91 Å². The van der Waals surface area contributed by atoms with Crippen LogP contribution in [-0.4, -0.2) is 35.0 Å². The molecule has 0 aliphatic carbocycles. The highest BCUT2D eigenvalue weighted by Crippen LogP contribution is 2.22.